The third-order valence-electron chi connectivity index (χ3n) is 2.97. The average molecular weight is 364 g/mol. The van der Waals surface area contributed by atoms with Gasteiger partial charge in [-0.15, -0.1) is 0 Å². The number of hydrogen-bond donors (Lipinski definition) is 0. The van der Waals surface area contributed by atoms with Gasteiger partial charge in [0, 0.05) is 19.7 Å². The normalized spacial score (nSPS) is 11.0. The molecule has 0 heterocycles. The first-order valence-electron chi connectivity index (χ1n) is 5.47. The number of hydrogen-bond acceptors (Lipinski definition) is 1. The second kappa shape index (κ2) is 4.48. The molecule has 3 heteroatoms. The molecule has 0 aliphatic carbocycles. The second-order valence-electron chi connectivity index (χ2n) is 4.10. The van der Waals surface area contributed by atoms with Gasteiger partial charge in [0.1, 0.15) is 0 Å². The zero-order chi connectivity index (χ0) is 12.7. The van der Waals surface area contributed by atoms with Gasteiger partial charge in [-0.25, -0.2) is 0 Å². The molecule has 0 aliphatic rings. The third-order valence-corrected chi connectivity index (χ3v) is 4.12. The summed E-state index contributed by atoms with van der Waals surface area (Å²) in [6, 6.07) is 15.4. The summed E-state index contributed by atoms with van der Waals surface area (Å²) in [7, 11) is 0. The molecule has 88 valence electrons. The Balaban J connectivity index is 2.70. The fourth-order valence-electron chi connectivity index (χ4n) is 2.10. The van der Waals surface area contributed by atoms with Crippen molar-refractivity contribution in [1.29, 1.82) is 0 Å². The number of halogens is 2. The standard InChI is InChI=1S/C15H8Br2O/c16-10-6-5-9-7-14(17)11-3-1-2-4-12(11)15(18)13(9)8-10/h1-8H. The van der Waals surface area contributed by atoms with Crippen LogP contribution in [0.4, 0.5) is 0 Å². The molecule has 0 bridgehead atoms. The molecular formula is C15H8Br2O. The summed E-state index contributed by atoms with van der Waals surface area (Å²) < 4.78 is 1.85. The first kappa shape index (κ1) is 11.9. The van der Waals surface area contributed by atoms with Gasteiger partial charge >= 0.3 is 0 Å². The Bertz CT molecular complexity index is 825. The highest BCUT2D eigenvalue weighted by atomic mass is 79.9. The summed E-state index contributed by atoms with van der Waals surface area (Å²) >= 11 is 6.96. The Hall–Kier alpha value is -1.19. The van der Waals surface area contributed by atoms with Gasteiger partial charge in [0.05, 0.1) is 0 Å². The molecule has 0 N–H and O–H groups in total. The largest absolute Gasteiger partial charge is 0.289 e. The van der Waals surface area contributed by atoms with Crippen molar-refractivity contribution < 1.29 is 0 Å². The van der Waals surface area contributed by atoms with Crippen LogP contribution in [0.15, 0.2) is 62.3 Å². The van der Waals surface area contributed by atoms with Crippen LogP contribution in [0.5, 0.6) is 0 Å². The molecule has 0 amide bonds. The lowest BCUT2D eigenvalue weighted by atomic mass is 10.1. The lowest BCUT2D eigenvalue weighted by Crippen LogP contribution is -1.97. The fourth-order valence-corrected chi connectivity index (χ4v) is 3.05. The fraction of sp³-hybridized carbons (Fsp3) is 0. The topological polar surface area (TPSA) is 17.1 Å². The molecule has 3 aromatic rings. The van der Waals surface area contributed by atoms with E-state index in [0.29, 0.717) is 0 Å². The molecule has 0 spiro atoms. The molecule has 0 aliphatic heterocycles. The second-order valence-corrected chi connectivity index (χ2v) is 5.87. The van der Waals surface area contributed by atoms with Gasteiger partial charge in [-0.1, -0.05) is 62.2 Å². The highest BCUT2D eigenvalue weighted by Crippen LogP contribution is 2.25. The van der Waals surface area contributed by atoms with Gasteiger partial charge in [-0.05, 0) is 29.0 Å². The highest BCUT2D eigenvalue weighted by molar-refractivity contribution is 9.11. The maximum Gasteiger partial charge on any atom is 0.194 e. The van der Waals surface area contributed by atoms with E-state index in [2.05, 4.69) is 31.9 Å². The van der Waals surface area contributed by atoms with Gasteiger partial charge in [-0.3, -0.25) is 4.79 Å². The van der Waals surface area contributed by atoms with Gasteiger partial charge in [-0.2, -0.15) is 0 Å². The monoisotopic (exact) mass is 362 g/mol. The van der Waals surface area contributed by atoms with Crippen molar-refractivity contribution in [1.82, 2.24) is 0 Å². The SMILES string of the molecule is O=c1c2cc(Br)ccc2cc(Br)c2ccccc12. The van der Waals surface area contributed by atoms with E-state index < -0.39 is 0 Å². The van der Waals surface area contributed by atoms with Crippen molar-refractivity contribution in [2.24, 2.45) is 0 Å². The first-order chi connectivity index (χ1) is 8.66. The predicted molar refractivity (Wildman–Crippen MR) is 83.1 cm³/mol. The molecule has 3 aromatic carbocycles. The van der Waals surface area contributed by atoms with E-state index in [-0.39, 0.29) is 5.43 Å². The van der Waals surface area contributed by atoms with Gasteiger partial charge in [0.25, 0.3) is 0 Å². The quantitative estimate of drug-likeness (QED) is 0.556. The van der Waals surface area contributed by atoms with Crippen LogP contribution in [0, 0.1) is 0 Å². The molecule has 0 radical (unpaired) electrons. The van der Waals surface area contributed by atoms with Crippen molar-refractivity contribution in [3.63, 3.8) is 0 Å². The van der Waals surface area contributed by atoms with E-state index in [0.717, 1.165) is 30.5 Å². The maximum absolute atomic E-state index is 12.6. The minimum absolute atomic E-state index is 0.0626. The summed E-state index contributed by atoms with van der Waals surface area (Å²) in [6.07, 6.45) is 0. The molecular weight excluding hydrogens is 356 g/mol. The Morgan fingerprint density at radius 2 is 1.50 bits per heavy atom. The number of rotatable bonds is 0. The lowest BCUT2D eigenvalue weighted by Gasteiger charge is -1.93. The Labute approximate surface area is 121 Å². The summed E-state index contributed by atoms with van der Waals surface area (Å²) in [5.41, 5.74) is 0.0626. The summed E-state index contributed by atoms with van der Waals surface area (Å²) in [5.74, 6) is 0. The van der Waals surface area contributed by atoms with E-state index in [1.807, 2.05) is 48.5 Å². The highest BCUT2D eigenvalue weighted by Gasteiger charge is 2.05. The van der Waals surface area contributed by atoms with Crippen molar-refractivity contribution in [2.45, 2.75) is 0 Å². The molecule has 0 aromatic heterocycles. The van der Waals surface area contributed by atoms with Gasteiger partial charge in [0.15, 0.2) is 5.43 Å². The smallest absolute Gasteiger partial charge is 0.194 e. The average Bonchev–Trinajstić information content (AvgIpc) is 2.48. The molecule has 3 rings (SSSR count). The van der Waals surface area contributed by atoms with Crippen molar-refractivity contribution in [3.8, 4) is 0 Å². The Morgan fingerprint density at radius 1 is 0.778 bits per heavy atom. The summed E-state index contributed by atoms with van der Waals surface area (Å²) in [4.78, 5) is 12.6. The van der Waals surface area contributed by atoms with Crippen LogP contribution in [0.1, 0.15) is 0 Å². The molecule has 0 unspecified atom stereocenters. The van der Waals surface area contributed by atoms with Gasteiger partial charge in [0.2, 0.25) is 0 Å². The minimum Gasteiger partial charge on any atom is -0.289 e. The zero-order valence-electron chi connectivity index (χ0n) is 9.28. The van der Waals surface area contributed by atoms with Crippen molar-refractivity contribution in [2.75, 3.05) is 0 Å². The summed E-state index contributed by atoms with van der Waals surface area (Å²) in [6.45, 7) is 0. The molecule has 1 nitrogen and oxygen atoms in total. The predicted octanol–water partition coefficient (Wildman–Crippen LogP) is 4.88. The van der Waals surface area contributed by atoms with E-state index in [4.69, 9.17) is 0 Å². The van der Waals surface area contributed by atoms with Crippen LogP contribution >= 0.6 is 31.9 Å². The minimum atomic E-state index is 0.0626. The van der Waals surface area contributed by atoms with Gasteiger partial charge < -0.3 is 0 Å². The van der Waals surface area contributed by atoms with E-state index in [9.17, 15) is 4.79 Å². The van der Waals surface area contributed by atoms with Crippen LogP contribution in [-0.4, -0.2) is 0 Å². The van der Waals surface area contributed by atoms with E-state index in [1.165, 1.54) is 0 Å². The molecule has 0 saturated heterocycles. The molecule has 0 atom stereocenters. The summed E-state index contributed by atoms with van der Waals surface area (Å²) in [5, 5.41) is 3.34. The maximum atomic E-state index is 12.6. The van der Waals surface area contributed by atoms with Crippen LogP contribution in [-0.2, 0) is 0 Å². The Kier molecular flexibility index (Phi) is 2.96. The lowest BCUT2D eigenvalue weighted by molar-refractivity contribution is 1.71. The van der Waals surface area contributed by atoms with Crippen LogP contribution < -0.4 is 5.43 Å². The van der Waals surface area contributed by atoms with E-state index in [1.54, 1.807) is 0 Å². The zero-order valence-corrected chi connectivity index (χ0v) is 12.5. The molecule has 0 fully saturated rings. The number of benzene rings is 2. The Morgan fingerprint density at radius 3 is 2.28 bits per heavy atom. The molecule has 18 heavy (non-hydrogen) atoms. The van der Waals surface area contributed by atoms with Crippen molar-refractivity contribution in [3.05, 3.63) is 67.7 Å². The van der Waals surface area contributed by atoms with Crippen LogP contribution in [0.25, 0.3) is 21.5 Å². The first-order valence-corrected chi connectivity index (χ1v) is 7.06. The van der Waals surface area contributed by atoms with Crippen molar-refractivity contribution >= 4 is 53.4 Å². The van der Waals surface area contributed by atoms with Crippen LogP contribution in [0.2, 0.25) is 0 Å². The van der Waals surface area contributed by atoms with Crippen LogP contribution in [0.3, 0.4) is 0 Å². The number of fused-ring (bicyclic) bond motifs is 2. The molecule has 0 saturated carbocycles. The van der Waals surface area contributed by atoms with E-state index >= 15 is 0 Å². The third kappa shape index (κ3) is 1.88.